The molecule has 4 aromatic rings. The highest BCUT2D eigenvalue weighted by atomic mass is 32.2. The molecule has 1 nitrogen and oxygen atoms in total. The van der Waals surface area contributed by atoms with Gasteiger partial charge in [-0.2, -0.15) is 0 Å². The van der Waals surface area contributed by atoms with E-state index in [1.807, 2.05) is 36.4 Å². The van der Waals surface area contributed by atoms with Crippen LogP contribution in [0.15, 0.2) is 66.7 Å². The third-order valence-electron chi connectivity index (χ3n) is 4.03. The first-order valence-corrected chi connectivity index (χ1v) is 8.62. The Kier molecular flexibility index (Phi) is 3.24. The lowest BCUT2D eigenvalue weighted by atomic mass is 10.1. The summed E-state index contributed by atoms with van der Waals surface area (Å²) in [4.78, 5) is 12.7. The number of fused-ring (bicyclic) bond motifs is 3. The summed E-state index contributed by atoms with van der Waals surface area (Å²) in [5, 5.41) is 2.22. The van der Waals surface area contributed by atoms with Crippen molar-refractivity contribution in [1.82, 2.24) is 0 Å². The lowest BCUT2D eigenvalue weighted by molar-refractivity contribution is 0.101. The molecule has 0 saturated heterocycles. The van der Waals surface area contributed by atoms with Crippen molar-refractivity contribution in [2.45, 2.75) is 6.92 Å². The highest BCUT2D eigenvalue weighted by molar-refractivity contribution is 7.50. The van der Waals surface area contributed by atoms with Gasteiger partial charge in [-0.1, -0.05) is 18.2 Å². The Morgan fingerprint density at radius 3 is 2.43 bits per heavy atom. The van der Waals surface area contributed by atoms with Gasteiger partial charge in [-0.25, -0.2) is 4.39 Å². The average Bonchev–Trinajstić information content (AvgIpc) is 2.88. The Labute approximate surface area is 136 Å². The summed E-state index contributed by atoms with van der Waals surface area (Å²) in [5.74, 6) is -0.163. The minimum absolute atomic E-state index is 0.0582. The lowest BCUT2D eigenvalue weighted by Gasteiger charge is -1.95. The summed E-state index contributed by atoms with van der Waals surface area (Å²) in [6.45, 7) is 1.58. The fourth-order valence-electron chi connectivity index (χ4n) is 2.97. The first kappa shape index (κ1) is 14.1. The van der Waals surface area contributed by atoms with Gasteiger partial charge in [0.1, 0.15) is 5.82 Å². The van der Waals surface area contributed by atoms with Crippen molar-refractivity contribution in [1.29, 1.82) is 0 Å². The maximum atomic E-state index is 13.7. The minimum Gasteiger partial charge on any atom is -0.295 e. The Balaban J connectivity index is 2.15. The van der Waals surface area contributed by atoms with Gasteiger partial charge in [-0.15, -0.1) is 0 Å². The molecule has 0 saturated carbocycles. The van der Waals surface area contributed by atoms with Gasteiger partial charge in [0, 0.05) is 32.9 Å². The Hall–Kier alpha value is -2.52. The molecule has 23 heavy (non-hydrogen) atoms. The van der Waals surface area contributed by atoms with Crippen molar-refractivity contribution in [2.24, 2.45) is 0 Å². The third-order valence-corrected chi connectivity index (χ3v) is 6.35. The zero-order valence-corrected chi connectivity index (χ0v) is 13.4. The van der Waals surface area contributed by atoms with E-state index in [2.05, 4.69) is 12.1 Å². The predicted molar refractivity (Wildman–Crippen MR) is 95.2 cm³/mol. The molecule has 0 radical (unpaired) electrons. The molecule has 0 fully saturated rings. The molecular formula is C20H14FOS+. The number of hydrogen-bond donors (Lipinski definition) is 0. The van der Waals surface area contributed by atoms with E-state index in [4.69, 9.17) is 0 Å². The van der Waals surface area contributed by atoms with E-state index in [0.29, 0.717) is 5.56 Å². The SMILES string of the molecule is CC(=O)c1ccc2c(c1)c1ccccc1[s+]2-c1cccc(F)c1. The van der Waals surface area contributed by atoms with E-state index in [9.17, 15) is 9.18 Å². The van der Waals surface area contributed by atoms with Gasteiger partial charge in [0.15, 0.2) is 20.1 Å². The second-order valence-corrected chi connectivity index (χ2v) is 7.49. The fraction of sp³-hybridized carbons (Fsp3) is 0.0500. The number of carbonyl (C=O) groups is 1. The molecule has 3 heteroatoms. The summed E-state index contributed by atoms with van der Waals surface area (Å²) >= 11 is 0. The zero-order chi connectivity index (χ0) is 16.0. The summed E-state index contributed by atoms with van der Waals surface area (Å²) in [6.07, 6.45) is 0. The molecule has 0 bridgehead atoms. The predicted octanol–water partition coefficient (Wildman–Crippen LogP) is 6.07. The minimum atomic E-state index is -0.324. The maximum absolute atomic E-state index is 13.7. The number of benzene rings is 3. The normalized spacial score (nSPS) is 12.0. The van der Waals surface area contributed by atoms with Gasteiger partial charge in [-0.05, 0) is 49.4 Å². The van der Waals surface area contributed by atoms with Crippen molar-refractivity contribution in [3.8, 4) is 4.90 Å². The molecular weight excluding hydrogens is 307 g/mol. The van der Waals surface area contributed by atoms with Crippen molar-refractivity contribution in [2.75, 3.05) is 0 Å². The van der Waals surface area contributed by atoms with Crippen LogP contribution in [0.2, 0.25) is 0 Å². The standard InChI is InChI=1S/C20H14FOS/c1-13(22)14-9-10-20-18(11-14)17-7-2-3-8-19(17)23(20)16-6-4-5-15(21)12-16/h2-12H,1H3/q+1. The van der Waals surface area contributed by atoms with Crippen molar-refractivity contribution < 1.29 is 9.18 Å². The topological polar surface area (TPSA) is 17.1 Å². The molecule has 0 N–H and O–H groups in total. The van der Waals surface area contributed by atoms with Crippen LogP contribution < -0.4 is 0 Å². The monoisotopic (exact) mass is 321 g/mol. The molecule has 1 unspecified atom stereocenters. The Morgan fingerprint density at radius 2 is 1.65 bits per heavy atom. The molecule has 0 aliphatic carbocycles. The van der Waals surface area contributed by atoms with E-state index in [0.717, 1.165) is 20.4 Å². The van der Waals surface area contributed by atoms with Crippen molar-refractivity contribution in [3.05, 3.63) is 78.1 Å². The van der Waals surface area contributed by atoms with Crippen LogP contribution in [0.25, 0.3) is 25.1 Å². The van der Waals surface area contributed by atoms with Crippen LogP contribution in [-0.4, -0.2) is 5.78 Å². The molecule has 0 amide bonds. The molecule has 1 heterocycles. The van der Waals surface area contributed by atoms with Crippen LogP contribution in [0.3, 0.4) is 0 Å². The van der Waals surface area contributed by atoms with Crippen molar-refractivity contribution in [3.63, 3.8) is 0 Å². The van der Waals surface area contributed by atoms with E-state index >= 15 is 0 Å². The van der Waals surface area contributed by atoms with Gasteiger partial charge >= 0.3 is 0 Å². The smallest absolute Gasteiger partial charge is 0.187 e. The van der Waals surface area contributed by atoms with Gasteiger partial charge in [0.25, 0.3) is 0 Å². The van der Waals surface area contributed by atoms with Crippen molar-refractivity contribution >= 4 is 36.4 Å². The third kappa shape index (κ3) is 2.25. The number of thiophene rings is 1. The quantitative estimate of drug-likeness (QED) is 0.323. The van der Waals surface area contributed by atoms with Gasteiger partial charge in [0.05, 0.1) is 0 Å². The molecule has 3 aromatic carbocycles. The number of Topliss-reactive ketones (excluding diaryl/α,β-unsaturated/α-hetero) is 1. The molecule has 4 rings (SSSR count). The van der Waals surface area contributed by atoms with Crippen LogP contribution in [0.1, 0.15) is 17.3 Å². The van der Waals surface area contributed by atoms with Crippen LogP contribution in [0.4, 0.5) is 4.39 Å². The van der Waals surface area contributed by atoms with E-state index < -0.39 is 0 Å². The van der Waals surface area contributed by atoms with Gasteiger partial charge in [-0.3, -0.25) is 4.79 Å². The first-order valence-electron chi connectivity index (χ1n) is 7.39. The number of hydrogen-bond acceptors (Lipinski definition) is 1. The lowest BCUT2D eigenvalue weighted by Crippen LogP contribution is -1.89. The summed E-state index contributed by atoms with van der Waals surface area (Å²) in [7, 11) is -0.324. The molecule has 1 aromatic heterocycles. The number of rotatable bonds is 2. The zero-order valence-electron chi connectivity index (χ0n) is 12.5. The average molecular weight is 321 g/mol. The number of carbonyl (C=O) groups excluding carboxylic acids is 1. The molecule has 0 aliphatic heterocycles. The second kappa shape index (κ2) is 5.28. The van der Waals surface area contributed by atoms with Crippen LogP contribution in [-0.2, 0) is 0 Å². The van der Waals surface area contributed by atoms with E-state index in [-0.39, 0.29) is 22.1 Å². The number of ketones is 1. The van der Waals surface area contributed by atoms with Crippen LogP contribution in [0.5, 0.6) is 0 Å². The second-order valence-electron chi connectivity index (χ2n) is 5.53. The molecule has 112 valence electrons. The van der Waals surface area contributed by atoms with E-state index in [1.54, 1.807) is 19.1 Å². The first-order chi connectivity index (χ1) is 11.1. The number of halogens is 1. The highest BCUT2D eigenvalue weighted by Gasteiger charge is 2.24. The van der Waals surface area contributed by atoms with E-state index in [1.165, 1.54) is 10.8 Å². The summed E-state index contributed by atoms with van der Waals surface area (Å²) in [6, 6.07) is 20.8. The maximum Gasteiger partial charge on any atom is 0.187 e. The fourth-order valence-corrected chi connectivity index (χ4v) is 5.37. The summed E-state index contributed by atoms with van der Waals surface area (Å²) < 4.78 is 16.0. The van der Waals surface area contributed by atoms with Gasteiger partial charge < -0.3 is 0 Å². The van der Waals surface area contributed by atoms with Crippen LogP contribution >= 0.6 is 10.5 Å². The Bertz CT molecular complexity index is 1060. The molecule has 1 atom stereocenters. The highest BCUT2D eigenvalue weighted by Crippen LogP contribution is 2.48. The summed E-state index contributed by atoms with van der Waals surface area (Å²) in [5.41, 5.74) is 0.711. The molecule has 0 aliphatic rings. The van der Waals surface area contributed by atoms with Crippen LogP contribution in [0, 0.1) is 5.82 Å². The molecule has 0 spiro atoms. The van der Waals surface area contributed by atoms with Gasteiger partial charge in [0.2, 0.25) is 0 Å². The Morgan fingerprint density at radius 1 is 0.870 bits per heavy atom. The largest absolute Gasteiger partial charge is 0.295 e.